The monoisotopic (exact) mass is 307 g/mol. The molecule has 1 aromatic heterocycles. The minimum Gasteiger partial charge on any atom is -0.444 e. The molecule has 1 amide bonds. The quantitative estimate of drug-likeness (QED) is 0.802. The Labute approximate surface area is 133 Å². The number of pyridine rings is 1. The first-order valence-electron chi connectivity index (χ1n) is 7.88. The first-order chi connectivity index (χ1) is 10.2. The van der Waals surface area contributed by atoms with Gasteiger partial charge in [-0.05, 0) is 58.6 Å². The van der Waals surface area contributed by atoms with Gasteiger partial charge in [-0.1, -0.05) is 13.8 Å². The molecule has 22 heavy (non-hydrogen) atoms. The largest absolute Gasteiger partial charge is 0.444 e. The molecule has 1 unspecified atom stereocenters. The molecule has 124 valence electrons. The molecule has 0 radical (unpaired) electrons. The molecule has 5 nitrogen and oxygen atoms in total. The normalized spacial score (nSPS) is 12.9. The number of rotatable bonds is 6. The SMILES string of the molecule is CC(C)CCC(C)Nc1ccc(NC(=O)OC(C)(C)C)nc1. The lowest BCUT2D eigenvalue weighted by Gasteiger charge is -2.19. The van der Waals surface area contributed by atoms with E-state index >= 15 is 0 Å². The van der Waals surface area contributed by atoms with E-state index < -0.39 is 11.7 Å². The predicted octanol–water partition coefficient (Wildman–Crippen LogP) is 4.67. The minimum absolute atomic E-state index is 0.397. The summed E-state index contributed by atoms with van der Waals surface area (Å²) in [7, 11) is 0. The lowest BCUT2D eigenvalue weighted by atomic mass is 10.0. The number of carbonyl (C=O) groups excluding carboxylic acids is 1. The molecule has 0 saturated carbocycles. The third-order valence-corrected chi connectivity index (χ3v) is 2.98. The van der Waals surface area contributed by atoms with E-state index in [1.54, 1.807) is 12.3 Å². The van der Waals surface area contributed by atoms with Crippen molar-refractivity contribution in [1.82, 2.24) is 4.98 Å². The molecule has 0 spiro atoms. The van der Waals surface area contributed by atoms with E-state index in [4.69, 9.17) is 4.74 Å². The van der Waals surface area contributed by atoms with Crippen LogP contribution in [0.5, 0.6) is 0 Å². The smallest absolute Gasteiger partial charge is 0.413 e. The van der Waals surface area contributed by atoms with Crippen LogP contribution in [-0.2, 0) is 4.74 Å². The lowest BCUT2D eigenvalue weighted by molar-refractivity contribution is 0.0635. The van der Waals surface area contributed by atoms with Crippen LogP contribution in [0.4, 0.5) is 16.3 Å². The highest BCUT2D eigenvalue weighted by atomic mass is 16.6. The number of hydrogen-bond donors (Lipinski definition) is 2. The van der Waals surface area contributed by atoms with Gasteiger partial charge in [0.05, 0.1) is 11.9 Å². The number of aromatic nitrogens is 1. The third-order valence-electron chi connectivity index (χ3n) is 2.98. The number of amides is 1. The summed E-state index contributed by atoms with van der Waals surface area (Å²) < 4.78 is 5.19. The number of carbonyl (C=O) groups is 1. The Bertz CT molecular complexity index is 464. The molecule has 1 atom stereocenters. The fourth-order valence-electron chi connectivity index (χ4n) is 1.90. The van der Waals surface area contributed by atoms with Crippen molar-refractivity contribution in [2.45, 2.75) is 66.0 Å². The molecule has 0 fully saturated rings. The van der Waals surface area contributed by atoms with Crippen LogP contribution in [0, 0.1) is 5.92 Å². The van der Waals surface area contributed by atoms with Gasteiger partial charge in [-0.2, -0.15) is 0 Å². The maximum absolute atomic E-state index is 11.7. The Balaban J connectivity index is 2.47. The summed E-state index contributed by atoms with van der Waals surface area (Å²) in [6.45, 7) is 12.1. The van der Waals surface area contributed by atoms with E-state index in [-0.39, 0.29) is 0 Å². The van der Waals surface area contributed by atoms with Crippen molar-refractivity contribution < 1.29 is 9.53 Å². The van der Waals surface area contributed by atoms with Crippen LogP contribution in [0.25, 0.3) is 0 Å². The zero-order chi connectivity index (χ0) is 16.8. The van der Waals surface area contributed by atoms with E-state index in [1.165, 1.54) is 6.42 Å². The van der Waals surface area contributed by atoms with Gasteiger partial charge >= 0.3 is 6.09 Å². The van der Waals surface area contributed by atoms with E-state index in [9.17, 15) is 4.79 Å². The van der Waals surface area contributed by atoms with Crippen LogP contribution in [0.3, 0.4) is 0 Å². The number of nitrogens with one attached hydrogen (secondary N) is 2. The minimum atomic E-state index is -0.516. The molecule has 1 rings (SSSR count). The van der Waals surface area contributed by atoms with Gasteiger partial charge in [0, 0.05) is 6.04 Å². The van der Waals surface area contributed by atoms with Crippen LogP contribution >= 0.6 is 0 Å². The molecule has 2 N–H and O–H groups in total. The summed E-state index contributed by atoms with van der Waals surface area (Å²) in [6, 6.07) is 4.07. The van der Waals surface area contributed by atoms with Gasteiger partial charge in [-0.25, -0.2) is 9.78 Å². The summed E-state index contributed by atoms with van der Waals surface area (Å²) in [5.74, 6) is 1.19. The van der Waals surface area contributed by atoms with E-state index in [0.29, 0.717) is 17.8 Å². The predicted molar refractivity (Wildman–Crippen MR) is 91.3 cm³/mol. The highest BCUT2D eigenvalue weighted by molar-refractivity contribution is 5.83. The van der Waals surface area contributed by atoms with Gasteiger partial charge in [0.2, 0.25) is 0 Å². The van der Waals surface area contributed by atoms with Crippen molar-refractivity contribution in [3.05, 3.63) is 18.3 Å². The first kappa shape index (κ1) is 18.3. The summed E-state index contributed by atoms with van der Waals surface area (Å²) in [5, 5.41) is 6.03. The third kappa shape index (κ3) is 7.86. The highest BCUT2D eigenvalue weighted by Crippen LogP contribution is 2.15. The topological polar surface area (TPSA) is 63.2 Å². The average molecular weight is 307 g/mol. The number of nitrogens with zero attached hydrogens (tertiary/aromatic N) is 1. The van der Waals surface area contributed by atoms with Gasteiger partial charge in [-0.3, -0.25) is 5.32 Å². The Morgan fingerprint density at radius 1 is 1.23 bits per heavy atom. The van der Waals surface area contributed by atoms with Crippen molar-refractivity contribution in [3.8, 4) is 0 Å². The van der Waals surface area contributed by atoms with Crippen LogP contribution in [0.2, 0.25) is 0 Å². The molecule has 5 heteroatoms. The second kappa shape index (κ2) is 8.01. The molecular formula is C17H29N3O2. The number of anilines is 2. The Kier molecular flexibility index (Phi) is 6.65. The number of hydrogen-bond acceptors (Lipinski definition) is 4. The fraction of sp³-hybridized carbons (Fsp3) is 0.647. The zero-order valence-electron chi connectivity index (χ0n) is 14.6. The van der Waals surface area contributed by atoms with Gasteiger partial charge in [0.1, 0.15) is 11.4 Å². The van der Waals surface area contributed by atoms with Crippen LogP contribution in [0.1, 0.15) is 54.4 Å². The molecule has 1 aromatic rings. The molecule has 0 aliphatic rings. The lowest BCUT2D eigenvalue weighted by Crippen LogP contribution is -2.27. The fourth-order valence-corrected chi connectivity index (χ4v) is 1.90. The molecule has 0 saturated heterocycles. The van der Waals surface area contributed by atoms with Crippen LogP contribution in [0.15, 0.2) is 18.3 Å². The van der Waals surface area contributed by atoms with Crippen molar-refractivity contribution in [2.75, 3.05) is 10.6 Å². The molecule has 0 aliphatic heterocycles. The average Bonchev–Trinajstić information content (AvgIpc) is 2.36. The first-order valence-corrected chi connectivity index (χ1v) is 7.88. The maximum atomic E-state index is 11.7. The summed E-state index contributed by atoms with van der Waals surface area (Å²) >= 11 is 0. The van der Waals surface area contributed by atoms with Crippen molar-refractivity contribution in [2.24, 2.45) is 5.92 Å². The number of ether oxygens (including phenoxy) is 1. The van der Waals surface area contributed by atoms with E-state index in [0.717, 1.165) is 12.1 Å². The van der Waals surface area contributed by atoms with Crippen molar-refractivity contribution in [3.63, 3.8) is 0 Å². The molecule has 1 heterocycles. The van der Waals surface area contributed by atoms with Crippen molar-refractivity contribution in [1.29, 1.82) is 0 Å². The summed E-state index contributed by atoms with van der Waals surface area (Å²) in [4.78, 5) is 15.9. The van der Waals surface area contributed by atoms with Gasteiger partial charge in [0.25, 0.3) is 0 Å². The molecule has 0 aliphatic carbocycles. The molecule has 0 aromatic carbocycles. The standard InChI is InChI=1S/C17H29N3O2/c1-12(2)7-8-13(3)19-14-9-10-15(18-11-14)20-16(21)22-17(4,5)6/h9-13,19H,7-8H2,1-6H3,(H,18,20,21). The summed E-state index contributed by atoms with van der Waals surface area (Å²) in [6.07, 6.45) is 3.54. The Morgan fingerprint density at radius 2 is 1.91 bits per heavy atom. The van der Waals surface area contributed by atoms with Crippen molar-refractivity contribution >= 4 is 17.6 Å². The van der Waals surface area contributed by atoms with Gasteiger partial charge in [0.15, 0.2) is 0 Å². The molecular weight excluding hydrogens is 278 g/mol. The van der Waals surface area contributed by atoms with Gasteiger partial charge in [-0.15, -0.1) is 0 Å². The van der Waals surface area contributed by atoms with Gasteiger partial charge < -0.3 is 10.1 Å². The van der Waals surface area contributed by atoms with Crippen LogP contribution in [-0.4, -0.2) is 22.7 Å². The second-order valence-corrected chi connectivity index (χ2v) is 7.08. The summed E-state index contributed by atoms with van der Waals surface area (Å²) in [5.41, 5.74) is 0.434. The second-order valence-electron chi connectivity index (χ2n) is 7.08. The highest BCUT2D eigenvalue weighted by Gasteiger charge is 2.16. The van der Waals surface area contributed by atoms with E-state index in [1.807, 2.05) is 26.8 Å². The molecule has 0 bridgehead atoms. The zero-order valence-corrected chi connectivity index (χ0v) is 14.6. The van der Waals surface area contributed by atoms with Crippen LogP contribution < -0.4 is 10.6 Å². The Hall–Kier alpha value is -1.78. The Morgan fingerprint density at radius 3 is 2.41 bits per heavy atom. The maximum Gasteiger partial charge on any atom is 0.413 e. The van der Waals surface area contributed by atoms with E-state index in [2.05, 4.69) is 36.4 Å².